The zero-order chi connectivity index (χ0) is 9.56. The van der Waals surface area contributed by atoms with Gasteiger partial charge >= 0.3 is 11.9 Å². The maximum Gasteiger partial charge on any atom is 0.417 e. The molecule has 0 heterocycles. The summed E-state index contributed by atoms with van der Waals surface area (Å²) in [4.78, 5) is 20.9. The molecule has 0 bridgehead atoms. The monoisotopic (exact) mass is 176 g/mol. The number of ether oxygens (including phenoxy) is 2. The van der Waals surface area contributed by atoms with Gasteiger partial charge < -0.3 is 9.47 Å². The summed E-state index contributed by atoms with van der Waals surface area (Å²) in [7, 11) is 1.05. The van der Waals surface area contributed by atoms with Crippen molar-refractivity contribution in [3.05, 3.63) is 12.4 Å². The summed E-state index contributed by atoms with van der Waals surface area (Å²) < 4.78 is 20.3. The lowest BCUT2D eigenvalue weighted by Gasteiger charge is -2.00. The van der Waals surface area contributed by atoms with Crippen LogP contribution in [0.1, 0.15) is 6.42 Å². The van der Waals surface area contributed by atoms with E-state index in [1.165, 1.54) is 0 Å². The molecular formula is C7H9FO4. The Bertz CT molecular complexity index is 200. The Labute approximate surface area is 69.0 Å². The molecule has 0 radical (unpaired) electrons. The minimum Gasteiger partial charge on any atom is -0.461 e. The lowest BCUT2D eigenvalue weighted by Crippen LogP contribution is -2.19. The van der Waals surface area contributed by atoms with Gasteiger partial charge in [-0.1, -0.05) is 6.58 Å². The molecule has 0 saturated carbocycles. The van der Waals surface area contributed by atoms with Crippen molar-refractivity contribution in [3.8, 4) is 0 Å². The van der Waals surface area contributed by atoms with Crippen LogP contribution in [0.2, 0.25) is 0 Å². The number of esters is 2. The Hall–Kier alpha value is -1.39. The van der Waals surface area contributed by atoms with Gasteiger partial charge in [-0.2, -0.15) is 0 Å². The van der Waals surface area contributed by atoms with Gasteiger partial charge in [-0.15, -0.1) is 0 Å². The van der Waals surface area contributed by atoms with Crippen molar-refractivity contribution in [2.75, 3.05) is 13.7 Å². The highest BCUT2D eigenvalue weighted by Gasteiger charge is 2.14. The van der Waals surface area contributed by atoms with Crippen molar-refractivity contribution in [1.29, 1.82) is 0 Å². The van der Waals surface area contributed by atoms with Crippen molar-refractivity contribution in [3.63, 3.8) is 0 Å². The standard InChI is InChI=1S/C7H9FO4/c1-5(8)3-4-12-7(10)6(9)11-2/h1,3-4H2,2H3. The van der Waals surface area contributed by atoms with Gasteiger partial charge in [0.2, 0.25) is 0 Å². The second-order valence-corrected chi connectivity index (χ2v) is 1.89. The number of hydrogen-bond acceptors (Lipinski definition) is 4. The van der Waals surface area contributed by atoms with Gasteiger partial charge in [0.25, 0.3) is 0 Å². The van der Waals surface area contributed by atoms with Gasteiger partial charge in [0.15, 0.2) is 0 Å². The molecule has 68 valence electrons. The summed E-state index contributed by atoms with van der Waals surface area (Å²) in [6.07, 6.45) is -0.108. The summed E-state index contributed by atoms with van der Waals surface area (Å²) in [5.41, 5.74) is 0. The van der Waals surface area contributed by atoms with E-state index in [0.717, 1.165) is 7.11 Å². The highest BCUT2D eigenvalue weighted by atomic mass is 19.1. The lowest BCUT2D eigenvalue weighted by atomic mass is 10.4. The molecule has 0 fully saturated rings. The van der Waals surface area contributed by atoms with Crippen LogP contribution < -0.4 is 0 Å². The molecule has 12 heavy (non-hydrogen) atoms. The zero-order valence-corrected chi connectivity index (χ0v) is 6.63. The molecule has 0 atom stereocenters. The van der Waals surface area contributed by atoms with Gasteiger partial charge in [-0.3, -0.25) is 0 Å². The number of halogens is 1. The number of hydrogen-bond donors (Lipinski definition) is 0. The number of carbonyl (C=O) groups excluding carboxylic acids is 2. The molecular weight excluding hydrogens is 167 g/mol. The lowest BCUT2D eigenvalue weighted by molar-refractivity contribution is -0.165. The van der Waals surface area contributed by atoms with Crippen molar-refractivity contribution in [2.24, 2.45) is 0 Å². The molecule has 0 aromatic carbocycles. The average molecular weight is 176 g/mol. The first-order valence-corrected chi connectivity index (χ1v) is 3.16. The number of rotatable bonds is 3. The molecule has 0 rings (SSSR count). The molecule has 4 nitrogen and oxygen atoms in total. The van der Waals surface area contributed by atoms with Crippen molar-refractivity contribution < 1.29 is 23.5 Å². The normalized spacial score (nSPS) is 8.83. The van der Waals surface area contributed by atoms with E-state index in [1.54, 1.807) is 0 Å². The second-order valence-electron chi connectivity index (χ2n) is 1.89. The van der Waals surface area contributed by atoms with Crippen LogP contribution in [0.25, 0.3) is 0 Å². The van der Waals surface area contributed by atoms with E-state index in [2.05, 4.69) is 16.1 Å². The van der Waals surface area contributed by atoms with E-state index in [1.807, 2.05) is 0 Å². The highest BCUT2D eigenvalue weighted by Crippen LogP contribution is 1.98. The first-order chi connectivity index (χ1) is 5.57. The topological polar surface area (TPSA) is 52.6 Å². The smallest absolute Gasteiger partial charge is 0.417 e. The molecule has 5 heteroatoms. The maximum absolute atomic E-state index is 11.9. The SMILES string of the molecule is C=C(F)CCOC(=O)C(=O)OC. The third kappa shape index (κ3) is 4.43. The predicted octanol–water partition coefficient (Wildman–Crippen LogP) is 0.576. The molecule has 0 saturated heterocycles. The highest BCUT2D eigenvalue weighted by molar-refractivity contribution is 6.29. The molecule has 0 aliphatic rings. The van der Waals surface area contributed by atoms with Gasteiger partial charge in [0.1, 0.15) is 0 Å². The first-order valence-electron chi connectivity index (χ1n) is 3.16. The molecule has 0 unspecified atom stereocenters. The average Bonchev–Trinajstić information content (AvgIpc) is 2.02. The Morgan fingerprint density at radius 3 is 2.42 bits per heavy atom. The van der Waals surface area contributed by atoms with Crippen LogP contribution >= 0.6 is 0 Å². The fourth-order valence-electron chi connectivity index (χ4n) is 0.397. The first kappa shape index (κ1) is 10.6. The predicted molar refractivity (Wildman–Crippen MR) is 37.8 cm³/mol. The van der Waals surface area contributed by atoms with Crippen LogP contribution in [0.3, 0.4) is 0 Å². The Morgan fingerprint density at radius 2 is 2.00 bits per heavy atom. The Balaban J connectivity index is 3.58. The van der Waals surface area contributed by atoms with Gasteiger partial charge in [-0.05, 0) is 0 Å². The van der Waals surface area contributed by atoms with Crippen LogP contribution in [0.15, 0.2) is 12.4 Å². The minimum atomic E-state index is -1.13. The van der Waals surface area contributed by atoms with Gasteiger partial charge in [0, 0.05) is 6.42 Å². The summed E-state index contributed by atoms with van der Waals surface area (Å²) >= 11 is 0. The van der Waals surface area contributed by atoms with E-state index in [0.29, 0.717) is 0 Å². The van der Waals surface area contributed by atoms with E-state index < -0.39 is 17.8 Å². The van der Waals surface area contributed by atoms with Crippen molar-refractivity contribution in [2.45, 2.75) is 6.42 Å². The molecule has 0 aliphatic heterocycles. The largest absolute Gasteiger partial charge is 0.461 e. The minimum absolute atomic E-state index is 0.108. The van der Waals surface area contributed by atoms with E-state index in [-0.39, 0.29) is 13.0 Å². The Morgan fingerprint density at radius 1 is 1.42 bits per heavy atom. The molecule has 0 aromatic heterocycles. The Kier molecular flexibility index (Phi) is 4.67. The summed E-state index contributed by atoms with van der Waals surface area (Å²) in [5.74, 6) is -2.83. The molecule has 0 N–H and O–H groups in total. The molecule has 0 aliphatic carbocycles. The van der Waals surface area contributed by atoms with Crippen LogP contribution in [0.4, 0.5) is 4.39 Å². The van der Waals surface area contributed by atoms with Gasteiger partial charge in [0.05, 0.1) is 19.5 Å². The quantitative estimate of drug-likeness (QED) is 0.466. The van der Waals surface area contributed by atoms with Crippen LogP contribution in [-0.4, -0.2) is 25.7 Å². The van der Waals surface area contributed by atoms with Gasteiger partial charge in [-0.25, -0.2) is 14.0 Å². The maximum atomic E-state index is 11.9. The summed E-state index contributed by atoms with van der Waals surface area (Å²) in [5, 5.41) is 0. The van der Waals surface area contributed by atoms with E-state index in [9.17, 15) is 14.0 Å². The summed E-state index contributed by atoms with van der Waals surface area (Å²) in [6, 6.07) is 0. The second kappa shape index (κ2) is 5.29. The van der Waals surface area contributed by atoms with E-state index in [4.69, 9.17) is 0 Å². The zero-order valence-electron chi connectivity index (χ0n) is 6.63. The van der Waals surface area contributed by atoms with Crippen molar-refractivity contribution in [1.82, 2.24) is 0 Å². The number of methoxy groups -OCH3 is 1. The fraction of sp³-hybridized carbons (Fsp3) is 0.429. The molecule has 0 aromatic rings. The summed E-state index contributed by atoms with van der Waals surface area (Å²) in [6.45, 7) is 2.74. The van der Waals surface area contributed by atoms with E-state index >= 15 is 0 Å². The van der Waals surface area contributed by atoms with Crippen LogP contribution in [-0.2, 0) is 19.1 Å². The van der Waals surface area contributed by atoms with Crippen molar-refractivity contribution >= 4 is 11.9 Å². The van der Waals surface area contributed by atoms with Crippen LogP contribution in [0, 0.1) is 0 Å². The molecule has 0 spiro atoms. The third-order valence-electron chi connectivity index (χ3n) is 0.959. The fourth-order valence-corrected chi connectivity index (χ4v) is 0.397. The van der Waals surface area contributed by atoms with Crippen LogP contribution in [0.5, 0.6) is 0 Å². The molecule has 0 amide bonds. The third-order valence-corrected chi connectivity index (χ3v) is 0.959. The number of carbonyl (C=O) groups is 2.